The Morgan fingerprint density at radius 3 is 2.42 bits per heavy atom. The highest BCUT2D eigenvalue weighted by molar-refractivity contribution is 6.02. The first-order valence-corrected chi connectivity index (χ1v) is 9.03. The Kier molecular flexibility index (Phi) is 3.52. The van der Waals surface area contributed by atoms with Gasteiger partial charge >= 0.3 is 0 Å². The first-order chi connectivity index (χ1) is 12.8. The number of hydrogen-bond donors (Lipinski definition) is 0. The van der Waals surface area contributed by atoms with Crippen molar-refractivity contribution in [3.63, 3.8) is 0 Å². The van der Waals surface area contributed by atoms with Crippen LogP contribution in [0.1, 0.15) is 40.9 Å². The highest BCUT2D eigenvalue weighted by Crippen LogP contribution is 2.47. The van der Waals surface area contributed by atoms with Gasteiger partial charge in [-0.3, -0.25) is 0 Å². The maximum absolute atomic E-state index is 6.35. The molecule has 0 spiro atoms. The minimum absolute atomic E-state index is 0.195. The highest BCUT2D eigenvalue weighted by Gasteiger charge is 2.40. The summed E-state index contributed by atoms with van der Waals surface area (Å²) in [7, 11) is 0. The lowest BCUT2D eigenvalue weighted by atomic mass is 9.95. The molecule has 26 heavy (non-hydrogen) atoms. The van der Waals surface area contributed by atoms with Gasteiger partial charge in [0.05, 0.1) is 11.8 Å². The van der Waals surface area contributed by atoms with E-state index in [0.29, 0.717) is 0 Å². The van der Waals surface area contributed by atoms with Crippen LogP contribution in [0.5, 0.6) is 5.75 Å². The SMILES string of the molecule is Cc1ccc(C2=NN3[C@H](C2)c2ccccc2O[C@H]3c2ccccc2)cc1. The van der Waals surface area contributed by atoms with Gasteiger partial charge < -0.3 is 4.74 Å². The van der Waals surface area contributed by atoms with E-state index in [1.807, 2.05) is 12.1 Å². The number of benzene rings is 3. The number of fused-ring (bicyclic) bond motifs is 3. The number of para-hydroxylation sites is 1. The van der Waals surface area contributed by atoms with Crippen molar-refractivity contribution in [2.75, 3.05) is 0 Å². The van der Waals surface area contributed by atoms with Crippen LogP contribution in [0.4, 0.5) is 0 Å². The molecule has 2 heterocycles. The van der Waals surface area contributed by atoms with Gasteiger partial charge in [-0.15, -0.1) is 0 Å². The highest BCUT2D eigenvalue weighted by atomic mass is 16.5. The van der Waals surface area contributed by atoms with E-state index in [2.05, 4.69) is 78.7 Å². The normalized spacial score (nSPS) is 20.8. The molecule has 0 saturated heterocycles. The first-order valence-electron chi connectivity index (χ1n) is 9.03. The van der Waals surface area contributed by atoms with Gasteiger partial charge in [0, 0.05) is 17.5 Å². The molecule has 2 aliphatic heterocycles. The number of ether oxygens (including phenoxy) is 1. The van der Waals surface area contributed by atoms with E-state index in [-0.39, 0.29) is 12.3 Å². The third kappa shape index (κ3) is 2.48. The van der Waals surface area contributed by atoms with Crippen LogP contribution in [-0.4, -0.2) is 10.7 Å². The molecule has 0 saturated carbocycles. The number of hydrazone groups is 1. The predicted octanol–water partition coefficient (Wildman–Crippen LogP) is 5.24. The molecule has 3 aromatic carbocycles. The van der Waals surface area contributed by atoms with Crippen molar-refractivity contribution in [2.24, 2.45) is 5.10 Å². The average molecular weight is 340 g/mol. The van der Waals surface area contributed by atoms with Crippen molar-refractivity contribution in [1.29, 1.82) is 0 Å². The molecule has 0 aromatic heterocycles. The van der Waals surface area contributed by atoms with Crippen LogP contribution >= 0.6 is 0 Å². The summed E-state index contributed by atoms with van der Waals surface area (Å²) in [6.07, 6.45) is 0.700. The molecule has 128 valence electrons. The van der Waals surface area contributed by atoms with E-state index >= 15 is 0 Å². The summed E-state index contributed by atoms with van der Waals surface area (Å²) >= 11 is 0. The monoisotopic (exact) mass is 340 g/mol. The fraction of sp³-hybridized carbons (Fsp3) is 0.174. The van der Waals surface area contributed by atoms with Crippen molar-refractivity contribution in [2.45, 2.75) is 25.6 Å². The Balaban J connectivity index is 1.59. The molecule has 2 atom stereocenters. The number of hydrogen-bond acceptors (Lipinski definition) is 3. The molecule has 3 heteroatoms. The second-order valence-corrected chi connectivity index (χ2v) is 6.93. The lowest BCUT2D eigenvalue weighted by Gasteiger charge is -2.38. The first kappa shape index (κ1) is 15.2. The summed E-state index contributed by atoms with van der Waals surface area (Å²) in [5, 5.41) is 7.12. The van der Waals surface area contributed by atoms with Gasteiger partial charge in [-0.25, -0.2) is 5.01 Å². The Morgan fingerprint density at radius 2 is 1.62 bits per heavy atom. The molecule has 0 bridgehead atoms. The van der Waals surface area contributed by atoms with E-state index in [1.54, 1.807) is 0 Å². The summed E-state index contributed by atoms with van der Waals surface area (Å²) < 4.78 is 6.35. The summed E-state index contributed by atoms with van der Waals surface area (Å²) in [6, 6.07) is 27.5. The van der Waals surface area contributed by atoms with Gasteiger partial charge in [0.2, 0.25) is 6.23 Å². The minimum Gasteiger partial charge on any atom is -0.464 e. The molecule has 0 fully saturated rings. The zero-order valence-electron chi connectivity index (χ0n) is 14.7. The van der Waals surface area contributed by atoms with E-state index in [9.17, 15) is 0 Å². The summed E-state index contributed by atoms with van der Waals surface area (Å²) in [5.41, 5.74) is 5.91. The van der Waals surface area contributed by atoms with Gasteiger partial charge in [0.15, 0.2) is 0 Å². The van der Waals surface area contributed by atoms with Crippen LogP contribution in [0.2, 0.25) is 0 Å². The lowest BCUT2D eigenvalue weighted by Crippen LogP contribution is -2.33. The third-order valence-electron chi connectivity index (χ3n) is 5.17. The minimum atomic E-state index is -0.195. The largest absolute Gasteiger partial charge is 0.464 e. The van der Waals surface area contributed by atoms with Crippen LogP contribution in [0, 0.1) is 6.92 Å². The van der Waals surface area contributed by atoms with Gasteiger partial charge in [-0.1, -0.05) is 78.4 Å². The van der Waals surface area contributed by atoms with E-state index in [0.717, 1.165) is 23.4 Å². The van der Waals surface area contributed by atoms with Crippen LogP contribution in [-0.2, 0) is 0 Å². The number of aryl methyl sites for hydroxylation is 1. The third-order valence-corrected chi connectivity index (χ3v) is 5.17. The second-order valence-electron chi connectivity index (χ2n) is 6.93. The van der Waals surface area contributed by atoms with Crippen LogP contribution < -0.4 is 4.74 Å². The van der Waals surface area contributed by atoms with E-state index in [1.165, 1.54) is 16.7 Å². The second kappa shape index (κ2) is 6.03. The Hall–Kier alpha value is -3.07. The van der Waals surface area contributed by atoms with Crippen LogP contribution in [0.25, 0.3) is 0 Å². The zero-order chi connectivity index (χ0) is 17.5. The van der Waals surface area contributed by atoms with Gasteiger partial charge in [0.25, 0.3) is 0 Å². The summed E-state index contributed by atoms with van der Waals surface area (Å²) in [5.74, 6) is 0.961. The van der Waals surface area contributed by atoms with Crippen LogP contribution in [0.15, 0.2) is 84.0 Å². The molecule has 0 amide bonds. The molecule has 5 rings (SSSR count). The zero-order valence-corrected chi connectivity index (χ0v) is 14.7. The molecule has 0 unspecified atom stereocenters. The molecule has 0 aliphatic carbocycles. The molecule has 0 radical (unpaired) electrons. The molecule has 3 aromatic rings. The van der Waals surface area contributed by atoms with Gasteiger partial charge in [-0.2, -0.15) is 5.10 Å². The maximum Gasteiger partial charge on any atom is 0.213 e. The molecule has 0 N–H and O–H groups in total. The Morgan fingerprint density at radius 1 is 0.885 bits per heavy atom. The molecular weight excluding hydrogens is 320 g/mol. The fourth-order valence-electron chi connectivity index (χ4n) is 3.79. The van der Waals surface area contributed by atoms with E-state index in [4.69, 9.17) is 9.84 Å². The van der Waals surface area contributed by atoms with Crippen LogP contribution in [0.3, 0.4) is 0 Å². The molecular formula is C23H20N2O. The Bertz CT molecular complexity index is 963. The summed E-state index contributed by atoms with van der Waals surface area (Å²) in [4.78, 5) is 0. The topological polar surface area (TPSA) is 24.8 Å². The number of nitrogens with zero attached hydrogens (tertiary/aromatic N) is 2. The standard InChI is InChI=1S/C23H20N2O/c1-16-11-13-17(14-12-16)20-15-21-19-9-5-6-10-22(19)26-23(25(21)24-20)18-7-3-2-4-8-18/h2-14,21,23H,15H2,1H3/t21-,23+/m1/s1. The van der Waals surface area contributed by atoms with Crippen molar-refractivity contribution in [3.05, 3.63) is 101 Å². The van der Waals surface area contributed by atoms with Gasteiger partial charge in [0.1, 0.15) is 5.75 Å². The fourth-order valence-corrected chi connectivity index (χ4v) is 3.79. The van der Waals surface area contributed by atoms with Crippen molar-refractivity contribution in [3.8, 4) is 5.75 Å². The maximum atomic E-state index is 6.35. The lowest BCUT2D eigenvalue weighted by molar-refractivity contribution is -0.0190. The Labute approximate surface area is 153 Å². The average Bonchev–Trinajstić information content (AvgIpc) is 3.14. The quantitative estimate of drug-likeness (QED) is 0.637. The van der Waals surface area contributed by atoms with Crippen molar-refractivity contribution < 1.29 is 4.74 Å². The molecule has 2 aliphatic rings. The number of rotatable bonds is 2. The van der Waals surface area contributed by atoms with Gasteiger partial charge in [-0.05, 0) is 18.6 Å². The smallest absolute Gasteiger partial charge is 0.213 e. The molecule has 3 nitrogen and oxygen atoms in total. The van der Waals surface area contributed by atoms with E-state index < -0.39 is 0 Å². The predicted molar refractivity (Wildman–Crippen MR) is 103 cm³/mol. The van der Waals surface area contributed by atoms with Crippen molar-refractivity contribution >= 4 is 5.71 Å². The summed E-state index contributed by atoms with van der Waals surface area (Å²) in [6.45, 7) is 2.11. The van der Waals surface area contributed by atoms with Crippen molar-refractivity contribution in [1.82, 2.24) is 5.01 Å².